The van der Waals surface area contributed by atoms with Crippen molar-refractivity contribution in [2.45, 2.75) is 76.3 Å². The molecule has 2 saturated carbocycles. The van der Waals surface area contributed by atoms with Crippen molar-refractivity contribution >= 4 is 8.72 Å². The molecule has 0 aliphatic heterocycles. The Labute approximate surface area is 119 Å². The highest BCUT2D eigenvalue weighted by Gasteiger charge is 2.36. The number of nitrogens with one attached hydrogen (secondary N) is 4. The summed E-state index contributed by atoms with van der Waals surface area (Å²) < 4.78 is 0. The molecule has 19 heavy (non-hydrogen) atoms. The minimum atomic E-state index is -1.92. The fourth-order valence-electron chi connectivity index (χ4n) is 3.56. The lowest BCUT2D eigenvalue weighted by Crippen LogP contribution is -2.82. The standard InChI is InChI=1S/C14H32N4Si/c1-15-19(16-2,17-13-9-5-3-6-10-13)18-14-11-7-4-8-12-14/h13-18H,3-12H2,1-2H3. The van der Waals surface area contributed by atoms with Crippen LogP contribution in [0.5, 0.6) is 0 Å². The lowest BCUT2D eigenvalue weighted by atomic mass is 9.96. The van der Waals surface area contributed by atoms with Crippen LogP contribution >= 0.6 is 0 Å². The van der Waals surface area contributed by atoms with Crippen LogP contribution in [0, 0.1) is 0 Å². The normalized spacial score (nSPS) is 23.7. The maximum atomic E-state index is 3.92. The van der Waals surface area contributed by atoms with E-state index in [1.54, 1.807) is 0 Å². The highest BCUT2D eigenvalue weighted by Crippen LogP contribution is 2.20. The summed E-state index contributed by atoms with van der Waals surface area (Å²) in [5.41, 5.74) is 0. The van der Waals surface area contributed by atoms with Gasteiger partial charge in [0.05, 0.1) is 0 Å². The van der Waals surface area contributed by atoms with E-state index in [1.807, 2.05) is 0 Å². The molecule has 0 aromatic carbocycles. The second kappa shape index (κ2) is 7.74. The average molecular weight is 285 g/mol. The van der Waals surface area contributed by atoms with Crippen molar-refractivity contribution in [3.63, 3.8) is 0 Å². The Morgan fingerprint density at radius 3 is 1.32 bits per heavy atom. The van der Waals surface area contributed by atoms with Gasteiger partial charge in [0.15, 0.2) is 0 Å². The highest BCUT2D eigenvalue weighted by molar-refractivity contribution is 6.70. The smallest absolute Gasteiger partial charge is 0.303 e. The first-order chi connectivity index (χ1) is 9.28. The van der Waals surface area contributed by atoms with E-state index in [1.165, 1.54) is 64.2 Å². The summed E-state index contributed by atoms with van der Waals surface area (Å²) in [4.78, 5) is 15.0. The summed E-state index contributed by atoms with van der Waals surface area (Å²) in [5.74, 6) is 0. The SMILES string of the molecule is CN[Si](NC)(NC1CCCCC1)NC1CCCCC1. The molecule has 0 aromatic rings. The summed E-state index contributed by atoms with van der Waals surface area (Å²) in [6.45, 7) is 0. The predicted octanol–water partition coefficient (Wildman–Crippen LogP) is 1.71. The van der Waals surface area contributed by atoms with Crippen molar-refractivity contribution in [2.75, 3.05) is 14.1 Å². The van der Waals surface area contributed by atoms with Crippen LogP contribution in [-0.4, -0.2) is 34.9 Å². The first kappa shape index (κ1) is 15.4. The average Bonchev–Trinajstić information content (AvgIpc) is 2.48. The van der Waals surface area contributed by atoms with Crippen LogP contribution in [0.3, 0.4) is 0 Å². The van der Waals surface area contributed by atoms with E-state index < -0.39 is 8.72 Å². The topological polar surface area (TPSA) is 48.1 Å². The molecule has 0 atom stereocenters. The van der Waals surface area contributed by atoms with E-state index in [0.717, 1.165) is 0 Å². The molecule has 0 heterocycles. The van der Waals surface area contributed by atoms with Gasteiger partial charge < -0.3 is 9.96 Å². The number of hydrogen-bond acceptors (Lipinski definition) is 4. The third-order valence-electron chi connectivity index (χ3n) is 4.80. The number of hydrogen-bond donors (Lipinski definition) is 4. The van der Waals surface area contributed by atoms with Gasteiger partial charge in [-0.25, -0.2) is 0 Å². The molecule has 0 aromatic heterocycles. The van der Waals surface area contributed by atoms with Gasteiger partial charge in [-0.3, -0.25) is 9.96 Å². The Kier molecular flexibility index (Phi) is 6.29. The summed E-state index contributed by atoms with van der Waals surface area (Å²) in [5, 5.41) is 0. The largest absolute Gasteiger partial charge is 0.365 e. The molecule has 5 heteroatoms. The third kappa shape index (κ3) is 4.53. The van der Waals surface area contributed by atoms with E-state index in [-0.39, 0.29) is 0 Å². The summed E-state index contributed by atoms with van der Waals surface area (Å²) in [6.07, 6.45) is 13.7. The Hall–Kier alpha value is 0.0569. The Balaban J connectivity index is 1.90. The molecular weight excluding hydrogens is 252 g/mol. The summed E-state index contributed by atoms with van der Waals surface area (Å²) in [6, 6.07) is 1.38. The molecule has 0 amide bonds. The molecule has 2 rings (SSSR count). The molecule has 0 bridgehead atoms. The molecule has 2 aliphatic carbocycles. The molecule has 0 radical (unpaired) electrons. The zero-order chi connectivity index (χ0) is 13.6. The van der Waals surface area contributed by atoms with Gasteiger partial charge in [0.25, 0.3) is 0 Å². The van der Waals surface area contributed by atoms with Crippen LogP contribution < -0.4 is 19.9 Å². The minimum Gasteiger partial charge on any atom is -0.303 e. The quantitative estimate of drug-likeness (QED) is 0.561. The molecule has 112 valence electrons. The van der Waals surface area contributed by atoms with Crippen LogP contribution in [0.25, 0.3) is 0 Å². The maximum absolute atomic E-state index is 3.92. The van der Waals surface area contributed by atoms with E-state index in [4.69, 9.17) is 0 Å². The van der Waals surface area contributed by atoms with Gasteiger partial charge in [-0.15, -0.1) is 0 Å². The Morgan fingerprint density at radius 1 is 0.632 bits per heavy atom. The monoisotopic (exact) mass is 284 g/mol. The molecule has 4 N–H and O–H groups in total. The molecule has 0 saturated heterocycles. The highest BCUT2D eigenvalue weighted by atomic mass is 28.4. The van der Waals surface area contributed by atoms with Gasteiger partial charge in [-0.1, -0.05) is 38.5 Å². The molecule has 4 nitrogen and oxygen atoms in total. The van der Waals surface area contributed by atoms with Gasteiger partial charge in [-0.05, 0) is 39.8 Å². The van der Waals surface area contributed by atoms with Crippen molar-refractivity contribution in [3.8, 4) is 0 Å². The fourth-order valence-corrected chi connectivity index (χ4v) is 6.27. The second-order valence-corrected chi connectivity index (χ2v) is 9.29. The number of rotatable bonds is 6. The Bertz CT molecular complexity index is 224. The molecule has 0 unspecified atom stereocenters. The lowest BCUT2D eigenvalue weighted by Gasteiger charge is -2.40. The van der Waals surface area contributed by atoms with E-state index in [9.17, 15) is 0 Å². The van der Waals surface area contributed by atoms with Crippen molar-refractivity contribution in [3.05, 3.63) is 0 Å². The predicted molar refractivity (Wildman–Crippen MR) is 83.9 cm³/mol. The zero-order valence-electron chi connectivity index (χ0n) is 12.7. The Morgan fingerprint density at radius 2 is 1.00 bits per heavy atom. The van der Waals surface area contributed by atoms with Crippen LogP contribution in [0.1, 0.15) is 64.2 Å². The van der Waals surface area contributed by atoms with Crippen molar-refractivity contribution < 1.29 is 0 Å². The van der Waals surface area contributed by atoms with E-state index in [2.05, 4.69) is 34.0 Å². The molecular formula is C14H32N4Si. The third-order valence-corrected chi connectivity index (χ3v) is 7.98. The first-order valence-corrected chi connectivity index (χ1v) is 10.2. The van der Waals surface area contributed by atoms with Crippen LogP contribution in [-0.2, 0) is 0 Å². The van der Waals surface area contributed by atoms with E-state index >= 15 is 0 Å². The second-order valence-electron chi connectivity index (χ2n) is 6.21. The van der Waals surface area contributed by atoms with Crippen molar-refractivity contribution in [1.82, 2.24) is 19.9 Å². The first-order valence-electron chi connectivity index (χ1n) is 8.21. The molecule has 0 spiro atoms. The molecule has 2 fully saturated rings. The van der Waals surface area contributed by atoms with Gasteiger partial charge in [0, 0.05) is 12.1 Å². The minimum absolute atomic E-state index is 0.691. The summed E-state index contributed by atoms with van der Waals surface area (Å²) in [7, 11) is 2.27. The lowest BCUT2D eigenvalue weighted by molar-refractivity contribution is 0.382. The molecule has 2 aliphatic rings. The van der Waals surface area contributed by atoms with Gasteiger partial charge in [-0.2, -0.15) is 0 Å². The van der Waals surface area contributed by atoms with Crippen LogP contribution in [0.4, 0.5) is 0 Å². The summed E-state index contributed by atoms with van der Waals surface area (Å²) >= 11 is 0. The van der Waals surface area contributed by atoms with Gasteiger partial charge in [0.2, 0.25) is 0 Å². The maximum Gasteiger partial charge on any atom is 0.365 e. The van der Waals surface area contributed by atoms with Crippen LogP contribution in [0.15, 0.2) is 0 Å². The zero-order valence-corrected chi connectivity index (χ0v) is 13.7. The van der Waals surface area contributed by atoms with Crippen molar-refractivity contribution in [1.29, 1.82) is 0 Å². The van der Waals surface area contributed by atoms with Gasteiger partial charge >= 0.3 is 8.72 Å². The fraction of sp³-hybridized carbons (Fsp3) is 1.00. The van der Waals surface area contributed by atoms with E-state index in [0.29, 0.717) is 12.1 Å². The van der Waals surface area contributed by atoms with Gasteiger partial charge in [0.1, 0.15) is 0 Å². The van der Waals surface area contributed by atoms with Crippen LogP contribution in [0.2, 0.25) is 0 Å². The van der Waals surface area contributed by atoms with Crippen molar-refractivity contribution in [2.24, 2.45) is 0 Å².